The Morgan fingerprint density at radius 3 is 2.63 bits per heavy atom. The maximum absolute atomic E-state index is 12.0. The summed E-state index contributed by atoms with van der Waals surface area (Å²) in [4.78, 5) is 5.49. The lowest BCUT2D eigenvalue weighted by atomic mass is 10.1. The first-order valence-electron chi connectivity index (χ1n) is 5.80. The smallest absolute Gasteiger partial charge is 0.292 e. The number of fused-ring (bicyclic) bond motifs is 1. The molecule has 0 spiro atoms. The Morgan fingerprint density at radius 2 is 2.00 bits per heavy atom. The summed E-state index contributed by atoms with van der Waals surface area (Å²) in [7, 11) is 0. The van der Waals surface area contributed by atoms with E-state index in [1.165, 1.54) is 0 Å². The summed E-state index contributed by atoms with van der Waals surface area (Å²) in [6, 6.07) is 7.62. The van der Waals surface area contributed by atoms with Crippen molar-refractivity contribution < 1.29 is 18.0 Å². The molecule has 1 aromatic heterocycles. The highest BCUT2D eigenvalue weighted by Gasteiger charge is 2.28. The van der Waals surface area contributed by atoms with E-state index >= 15 is 0 Å². The quantitative estimate of drug-likeness (QED) is 0.845. The first-order chi connectivity index (χ1) is 8.88. The zero-order valence-electron chi connectivity index (χ0n) is 10.5. The summed E-state index contributed by atoms with van der Waals surface area (Å²) < 4.78 is 37.1. The van der Waals surface area contributed by atoms with Gasteiger partial charge in [-0.3, -0.25) is 4.84 Å². The summed E-state index contributed by atoms with van der Waals surface area (Å²) in [6.07, 6.45) is -4.32. The van der Waals surface area contributed by atoms with Crippen molar-refractivity contribution in [1.82, 2.24) is 5.48 Å². The monoisotopic (exact) mass is 289 g/mol. The van der Waals surface area contributed by atoms with Crippen molar-refractivity contribution in [2.75, 3.05) is 6.61 Å². The van der Waals surface area contributed by atoms with Crippen LogP contribution in [0.25, 0.3) is 10.1 Å². The molecular formula is C13H14F3NOS. The van der Waals surface area contributed by atoms with Gasteiger partial charge >= 0.3 is 6.18 Å². The van der Waals surface area contributed by atoms with E-state index in [0.29, 0.717) is 0 Å². The predicted molar refractivity (Wildman–Crippen MR) is 70.1 cm³/mol. The van der Waals surface area contributed by atoms with Crippen LogP contribution in [0.5, 0.6) is 0 Å². The van der Waals surface area contributed by atoms with Crippen LogP contribution >= 0.6 is 11.3 Å². The van der Waals surface area contributed by atoms with Gasteiger partial charge in [-0.15, -0.1) is 11.3 Å². The van der Waals surface area contributed by atoms with Gasteiger partial charge in [0.1, 0.15) is 0 Å². The minimum absolute atomic E-state index is 0.278. The molecule has 0 fully saturated rings. The second kappa shape index (κ2) is 5.48. The molecule has 0 aliphatic rings. The van der Waals surface area contributed by atoms with Gasteiger partial charge in [-0.05, 0) is 30.9 Å². The molecule has 2 rings (SSSR count). The second-order valence-corrected chi connectivity index (χ2v) is 5.41. The maximum Gasteiger partial charge on any atom is 0.413 e. The summed E-state index contributed by atoms with van der Waals surface area (Å²) >= 11 is 1.57. The maximum atomic E-state index is 12.0. The van der Waals surface area contributed by atoms with Crippen molar-refractivity contribution in [2.45, 2.75) is 26.1 Å². The van der Waals surface area contributed by atoms with Gasteiger partial charge in [-0.25, -0.2) is 0 Å². The first kappa shape index (κ1) is 14.3. The largest absolute Gasteiger partial charge is 0.413 e. The van der Waals surface area contributed by atoms with E-state index in [1.807, 2.05) is 31.2 Å². The molecule has 1 unspecified atom stereocenters. The highest BCUT2D eigenvalue weighted by molar-refractivity contribution is 7.19. The number of hydrogen-bond acceptors (Lipinski definition) is 3. The van der Waals surface area contributed by atoms with Crippen molar-refractivity contribution in [3.05, 3.63) is 34.7 Å². The van der Waals surface area contributed by atoms with Gasteiger partial charge < -0.3 is 0 Å². The average molecular weight is 289 g/mol. The molecule has 0 bridgehead atoms. The first-order valence-corrected chi connectivity index (χ1v) is 6.62. The van der Waals surface area contributed by atoms with Crippen molar-refractivity contribution >= 4 is 21.4 Å². The average Bonchev–Trinajstić information content (AvgIpc) is 2.66. The van der Waals surface area contributed by atoms with E-state index in [-0.39, 0.29) is 6.04 Å². The Bertz CT molecular complexity index is 565. The Hall–Kier alpha value is -1.11. The zero-order chi connectivity index (χ0) is 14.0. The van der Waals surface area contributed by atoms with E-state index in [0.717, 1.165) is 20.5 Å². The molecule has 0 aliphatic carbocycles. The van der Waals surface area contributed by atoms with Gasteiger partial charge in [0.05, 0.1) is 6.04 Å². The molecule has 2 aromatic rings. The van der Waals surface area contributed by atoms with Gasteiger partial charge in [0.15, 0.2) is 6.61 Å². The Labute approximate surface area is 113 Å². The highest BCUT2D eigenvalue weighted by Crippen LogP contribution is 2.34. The van der Waals surface area contributed by atoms with Gasteiger partial charge in [-0.1, -0.05) is 18.2 Å². The highest BCUT2D eigenvalue weighted by atomic mass is 32.1. The Kier molecular flexibility index (Phi) is 4.13. The van der Waals surface area contributed by atoms with Crippen LogP contribution in [0.4, 0.5) is 13.2 Å². The predicted octanol–water partition coefficient (Wildman–Crippen LogP) is 4.35. The van der Waals surface area contributed by atoms with Gasteiger partial charge in [0.2, 0.25) is 0 Å². The summed E-state index contributed by atoms with van der Waals surface area (Å²) in [5, 5.41) is 1.13. The van der Waals surface area contributed by atoms with Crippen molar-refractivity contribution in [3.8, 4) is 0 Å². The lowest BCUT2D eigenvalue weighted by molar-refractivity contribution is -0.192. The molecule has 6 heteroatoms. The molecule has 0 aliphatic heterocycles. The van der Waals surface area contributed by atoms with Crippen LogP contribution in [0, 0.1) is 6.92 Å². The van der Waals surface area contributed by atoms with Gasteiger partial charge in [0.25, 0.3) is 0 Å². The lowest BCUT2D eigenvalue weighted by Crippen LogP contribution is -2.26. The van der Waals surface area contributed by atoms with Crippen LogP contribution in [-0.2, 0) is 4.84 Å². The van der Waals surface area contributed by atoms with Crippen LogP contribution in [0.3, 0.4) is 0 Å². The fraction of sp³-hybridized carbons (Fsp3) is 0.385. The third-order valence-corrected chi connectivity index (χ3v) is 4.23. The van der Waals surface area contributed by atoms with E-state index in [2.05, 4.69) is 10.3 Å². The van der Waals surface area contributed by atoms with Crippen LogP contribution < -0.4 is 5.48 Å². The molecule has 19 heavy (non-hydrogen) atoms. The SMILES string of the molecule is Cc1c(C(C)NOCC(F)(F)F)sc2ccccc12. The Morgan fingerprint density at radius 1 is 1.32 bits per heavy atom. The summed E-state index contributed by atoms with van der Waals surface area (Å²) in [5.74, 6) is 0. The van der Waals surface area contributed by atoms with Crippen LogP contribution in [-0.4, -0.2) is 12.8 Å². The molecule has 2 nitrogen and oxygen atoms in total. The normalized spacial score (nSPS) is 13.9. The molecular weight excluding hydrogens is 275 g/mol. The lowest BCUT2D eigenvalue weighted by Gasteiger charge is -2.14. The molecule has 0 radical (unpaired) electrons. The van der Waals surface area contributed by atoms with Gasteiger partial charge in [-0.2, -0.15) is 18.7 Å². The fourth-order valence-electron chi connectivity index (χ4n) is 1.91. The fourth-order valence-corrected chi connectivity index (χ4v) is 3.11. The number of hydroxylamine groups is 1. The standard InChI is InChI=1S/C13H14F3NOS/c1-8-10-5-3-4-6-11(10)19-12(8)9(2)17-18-7-13(14,15)16/h3-6,9,17H,7H2,1-2H3. The molecule has 0 amide bonds. The van der Waals surface area contributed by atoms with Crippen LogP contribution in [0.1, 0.15) is 23.4 Å². The van der Waals surface area contributed by atoms with Crippen molar-refractivity contribution in [2.24, 2.45) is 0 Å². The zero-order valence-corrected chi connectivity index (χ0v) is 11.4. The summed E-state index contributed by atoms with van der Waals surface area (Å²) in [6.45, 7) is 2.46. The second-order valence-electron chi connectivity index (χ2n) is 4.33. The molecule has 0 saturated carbocycles. The summed E-state index contributed by atoms with van der Waals surface area (Å²) in [5.41, 5.74) is 3.53. The molecule has 1 aromatic carbocycles. The van der Waals surface area contributed by atoms with Crippen molar-refractivity contribution in [3.63, 3.8) is 0 Å². The van der Waals surface area contributed by atoms with Crippen molar-refractivity contribution in [1.29, 1.82) is 0 Å². The molecule has 1 N–H and O–H groups in total. The molecule has 0 saturated heterocycles. The number of aryl methyl sites for hydroxylation is 1. The third-order valence-electron chi connectivity index (χ3n) is 2.77. The minimum atomic E-state index is -4.32. The topological polar surface area (TPSA) is 21.3 Å². The molecule has 104 valence electrons. The molecule has 1 heterocycles. The number of halogens is 3. The van der Waals surface area contributed by atoms with E-state index in [4.69, 9.17) is 0 Å². The van der Waals surface area contributed by atoms with E-state index in [9.17, 15) is 13.2 Å². The number of alkyl halides is 3. The van der Waals surface area contributed by atoms with Gasteiger partial charge in [0, 0.05) is 9.58 Å². The number of benzene rings is 1. The Balaban J connectivity index is 2.09. The number of nitrogens with one attached hydrogen (secondary N) is 1. The third kappa shape index (κ3) is 3.46. The van der Waals surface area contributed by atoms with E-state index in [1.54, 1.807) is 18.3 Å². The number of rotatable bonds is 4. The van der Waals surface area contributed by atoms with Crippen LogP contribution in [0.2, 0.25) is 0 Å². The number of hydrogen-bond donors (Lipinski definition) is 1. The number of thiophene rings is 1. The van der Waals surface area contributed by atoms with Crippen LogP contribution in [0.15, 0.2) is 24.3 Å². The molecule has 1 atom stereocenters. The minimum Gasteiger partial charge on any atom is -0.292 e. The van der Waals surface area contributed by atoms with E-state index < -0.39 is 12.8 Å².